The number of hydrogen-bond donors (Lipinski definition) is 1. The lowest BCUT2D eigenvalue weighted by molar-refractivity contribution is 0.0109. The summed E-state index contributed by atoms with van der Waals surface area (Å²) in [5.41, 5.74) is 8.03. The first-order valence-electron chi connectivity index (χ1n) is 6.98. The molecule has 0 amide bonds. The van der Waals surface area contributed by atoms with Crippen molar-refractivity contribution in [1.29, 1.82) is 0 Å². The van der Waals surface area contributed by atoms with Crippen LogP contribution in [0.2, 0.25) is 5.02 Å². The minimum atomic E-state index is 0.126. The molecule has 98 valence electrons. The minimum Gasteiger partial charge on any atom is -0.322 e. The van der Waals surface area contributed by atoms with Gasteiger partial charge in [-0.25, -0.2) is 0 Å². The molecule has 1 saturated heterocycles. The van der Waals surface area contributed by atoms with Crippen molar-refractivity contribution < 1.29 is 0 Å². The maximum absolute atomic E-state index is 6.58. The summed E-state index contributed by atoms with van der Waals surface area (Å²) in [6, 6.07) is 8.20. The highest BCUT2D eigenvalue weighted by molar-refractivity contribution is 6.30. The standard InChI is InChI=1S/C15H21ClN2/c16-13-6-4-12(5-7-13)14(17)15(8-3-9-15)18-10-1-2-11-18/h4-7,14H,1-3,8-11,17H2. The molecule has 0 aromatic heterocycles. The van der Waals surface area contributed by atoms with Gasteiger partial charge in [-0.3, -0.25) is 4.90 Å². The number of rotatable bonds is 3. The van der Waals surface area contributed by atoms with Crippen LogP contribution in [0.5, 0.6) is 0 Å². The minimum absolute atomic E-state index is 0.126. The van der Waals surface area contributed by atoms with Crippen LogP contribution in [0.4, 0.5) is 0 Å². The summed E-state index contributed by atoms with van der Waals surface area (Å²) >= 11 is 5.95. The van der Waals surface area contributed by atoms with Crippen LogP contribution in [0.15, 0.2) is 24.3 Å². The number of likely N-dealkylation sites (tertiary alicyclic amines) is 1. The molecule has 1 saturated carbocycles. The van der Waals surface area contributed by atoms with E-state index in [4.69, 9.17) is 17.3 Å². The van der Waals surface area contributed by atoms with E-state index in [9.17, 15) is 0 Å². The Kier molecular flexibility index (Phi) is 3.35. The van der Waals surface area contributed by atoms with Crippen LogP contribution in [0.1, 0.15) is 43.7 Å². The zero-order chi connectivity index (χ0) is 12.6. The van der Waals surface area contributed by atoms with Crippen molar-refractivity contribution in [2.24, 2.45) is 5.73 Å². The van der Waals surface area contributed by atoms with Crippen molar-refractivity contribution in [2.45, 2.75) is 43.7 Å². The Morgan fingerprint density at radius 3 is 2.17 bits per heavy atom. The third-order valence-electron chi connectivity index (χ3n) is 4.76. The Morgan fingerprint density at radius 1 is 1.06 bits per heavy atom. The normalized spacial score (nSPS) is 24.8. The van der Waals surface area contributed by atoms with Crippen molar-refractivity contribution >= 4 is 11.6 Å². The molecule has 0 bridgehead atoms. The maximum Gasteiger partial charge on any atom is 0.0482 e. The van der Waals surface area contributed by atoms with Crippen molar-refractivity contribution in [3.63, 3.8) is 0 Å². The molecule has 18 heavy (non-hydrogen) atoms. The zero-order valence-corrected chi connectivity index (χ0v) is 11.5. The van der Waals surface area contributed by atoms with Gasteiger partial charge in [0.1, 0.15) is 0 Å². The van der Waals surface area contributed by atoms with E-state index < -0.39 is 0 Å². The van der Waals surface area contributed by atoms with E-state index in [1.54, 1.807) is 0 Å². The van der Waals surface area contributed by atoms with E-state index in [-0.39, 0.29) is 11.6 Å². The van der Waals surface area contributed by atoms with Crippen LogP contribution < -0.4 is 5.73 Å². The SMILES string of the molecule is NC(c1ccc(Cl)cc1)C1(N2CCCC2)CCC1. The predicted octanol–water partition coefficient (Wildman–Crippen LogP) is 3.36. The van der Waals surface area contributed by atoms with E-state index in [0.29, 0.717) is 0 Å². The van der Waals surface area contributed by atoms with Crippen LogP contribution in [-0.4, -0.2) is 23.5 Å². The highest BCUT2D eigenvalue weighted by atomic mass is 35.5. The molecule has 3 rings (SSSR count). The first-order chi connectivity index (χ1) is 8.72. The Labute approximate surface area is 114 Å². The molecule has 3 heteroatoms. The van der Waals surface area contributed by atoms with Crippen molar-refractivity contribution in [2.75, 3.05) is 13.1 Å². The number of hydrogen-bond acceptors (Lipinski definition) is 2. The summed E-state index contributed by atoms with van der Waals surface area (Å²) in [4.78, 5) is 2.63. The average molecular weight is 265 g/mol. The fourth-order valence-corrected chi connectivity index (χ4v) is 3.63. The van der Waals surface area contributed by atoms with Crippen molar-refractivity contribution in [3.8, 4) is 0 Å². The van der Waals surface area contributed by atoms with Gasteiger partial charge < -0.3 is 5.73 Å². The summed E-state index contributed by atoms with van der Waals surface area (Å²) in [5.74, 6) is 0. The number of nitrogens with zero attached hydrogens (tertiary/aromatic N) is 1. The summed E-state index contributed by atoms with van der Waals surface area (Å²) in [5, 5.41) is 0.787. The summed E-state index contributed by atoms with van der Waals surface area (Å²) in [7, 11) is 0. The quantitative estimate of drug-likeness (QED) is 0.907. The van der Waals surface area contributed by atoms with E-state index >= 15 is 0 Å². The first kappa shape index (κ1) is 12.5. The lowest BCUT2D eigenvalue weighted by Gasteiger charge is -2.52. The summed E-state index contributed by atoms with van der Waals surface area (Å²) < 4.78 is 0. The molecule has 2 N–H and O–H groups in total. The van der Waals surface area contributed by atoms with Crippen LogP contribution in [0, 0.1) is 0 Å². The van der Waals surface area contributed by atoms with Gasteiger partial charge in [0.2, 0.25) is 0 Å². The molecule has 1 aliphatic heterocycles. The fourth-order valence-electron chi connectivity index (χ4n) is 3.51. The molecule has 1 aromatic carbocycles. The Bertz CT molecular complexity index is 405. The van der Waals surface area contributed by atoms with Crippen LogP contribution in [-0.2, 0) is 0 Å². The molecule has 1 aromatic rings. The first-order valence-corrected chi connectivity index (χ1v) is 7.36. The molecular formula is C15H21ClN2. The van der Waals surface area contributed by atoms with E-state index in [2.05, 4.69) is 17.0 Å². The van der Waals surface area contributed by atoms with Gasteiger partial charge in [0.05, 0.1) is 0 Å². The second-order valence-electron chi connectivity index (χ2n) is 5.68. The molecular weight excluding hydrogens is 244 g/mol. The highest BCUT2D eigenvalue weighted by Gasteiger charge is 2.48. The third kappa shape index (κ3) is 1.97. The molecule has 2 fully saturated rings. The van der Waals surface area contributed by atoms with E-state index in [1.165, 1.54) is 50.8 Å². The lowest BCUT2D eigenvalue weighted by Crippen LogP contribution is -2.58. The van der Waals surface area contributed by atoms with Crippen LogP contribution >= 0.6 is 11.6 Å². The van der Waals surface area contributed by atoms with Gasteiger partial charge in [0, 0.05) is 16.6 Å². The predicted molar refractivity (Wildman–Crippen MR) is 75.8 cm³/mol. The van der Waals surface area contributed by atoms with E-state index in [0.717, 1.165) is 5.02 Å². The number of nitrogens with two attached hydrogens (primary N) is 1. The van der Waals surface area contributed by atoms with Gasteiger partial charge in [-0.1, -0.05) is 23.7 Å². The van der Waals surface area contributed by atoms with Gasteiger partial charge in [-0.05, 0) is 62.9 Å². The molecule has 2 aliphatic rings. The summed E-state index contributed by atoms with van der Waals surface area (Å²) in [6.07, 6.45) is 6.47. The van der Waals surface area contributed by atoms with Gasteiger partial charge in [-0.15, -0.1) is 0 Å². The molecule has 1 atom stereocenters. The molecule has 1 aliphatic carbocycles. The fraction of sp³-hybridized carbons (Fsp3) is 0.600. The van der Waals surface area contributed by atoms with Crippen molar-refractivity contribution in [1.82, 2.24) is 4.90 Å². The third-order valence-corrected chi connectivity index (χ3v) is 5.02. The Morgan fingerprint density at radius 2 is 1.67 bits per heavy atom. The second kappa shape index (κ2) is 4.84. The Balaban J connectivity index is 1.84. The van der Waals surface area contributed by atoms with Gasteiger partial charge >= 0.3 is 0 Å². The largest absolute Gasteiger partial charge is 0.322 e. The molecule has 0 spiro atoms. The lowest BCUT2D eigenvalue weighted by atomic mass is 9.68. The van der Waals surface area contributed by atoms with Gasteiger partial charge in [0.15, 0.2) is 0 Å². The number of halogens is 1. The average Bonchev–Trinajstić information content (AvgIpc) is 2.82. The molecule has 2 nitrogen and oxygen atoms in total. The molecule has 1 unspecified atom stereocenters. The van der Waals surface area contributed by atoms with Crippen molar-refractivity contribution in [3.05, 3.63) is 34.9 Å². The Hall–Kier alpha value is -0.570. The second-order valence-corrected chi connectivity index (χ2v) is 6.12. The van der Waals surface area contributed by atoms with Gasteiger partial charge in [-0.2, -0.15) is 0 Å². The van der Waals surface area contributed by atoms with E-state index in [1.807, 2.05) is 12.1 Å². The molecule has 1 heterocycles. The monoisotopic (exact) mass is 264 g/mol. The zero-order valence-electron chi connectivity index (χ0n) is 10.7. The molecule has 0 radical (unpaired) electrons. The van der Waals surface area contributed by atoms with Crippen LogP contribution in [0.3, 0.4) is 0 Å². The topological polar surface area (TPSA) is 29.3 Å². The maximum atomic E-state index is 6.58. The smallest absolute Gasteiger partial charge is 0.0482 e. The summed E-state index contributed by atoms with van der Waals surface area (Å²) in [6.45, 7) is 2.45. The van der Waals surface area contributed by atoms with Crippen LogP contribution in [0.25, 0.3) is 0 Å². The highest BCUT2D eigenvalue weighted by Crippen LogP contribution is 2.47. The van der Waals surface area contributed by atoms with Gasteiger partial charge in [0.25, 0.3) is 0 Å². The number of benzene rings is 1.